The average molecular weight is 282 g/mol. The Labute approximate surface area is 126 Å². The Hall–Kier alpha value is -1.38. The molecule has 0 fully saturated rings. The first-order valence-corrected chi connectivity index (χ1v) is 7.82. The Bertz CT molecular complexity index is 641. The third-order valence-corrected chi connectivity index (χ3v) is 5.49. The van der Waals surface area contributed by atoms with Gasteiger partial charge >= 0.3 is 0 Å². The molecule has 5 rings (SSSR count). The minimum absolute atomic E-state index is 0.0963. The summed E-state index contributed by atoms with van der Waals surface area (Å²) in [6.45, 7) is 2.27. The van der Waals surface area contributed by atoms with E-state index in [0.717, 1.165) is 0 Å². The number of benzene rings is 1. The van der Waals surface area contributed by atoms with Crippen LogP contribution in [-0.4, -0.2) is 14.2 Å². The second-order valence-corrected chi connectivity index (χ2v) is 6.42. The Balaban J connectivity index is 1.94. The van der Waals surface area contributed by atoms with E-state index < -0.39 is 0 Å². The van der Waals surface area contributed by atoms with E-state index in [1.807, 2.05) is 14.2 Å². The third kappa shape index (κ3) is 1.72. The van der Waals surface area contributed by atoms with Crippen molar-refractivity contribution in [1.82, 2.24) is 0 Å². The van der Waals surface area contributed by atoms with Gasteiger partial charge in [-0.15, -0.1) is 0 Å². The first kappa shape index (κ1) is 13.3. The molecule has 110 valence electrons. The van der Waals surface area contributed by atoms with Crippen molar-refractivity contribution in [3.05, 3.63) is 58.2 Å². The lowest BCUT2D eigenvalue weighted by atomic mass is 9.61. The van der Waals surface area contributed by atoms with Crippen molar-refractivity contribution in [2.24, 2.45) is 11.8 Å². The third-order valence-electron chi connectivity index (χ3n) is 5.49. The van der Waals surface area contributed by atoms with Gasteiger partial charge in [-0.2, -0.15) is 0 Å². The highest BCUT2D eigenvalue weighted by molar-refractivity contribution is 5.53. The number of hydrogen-bond donors (Lipinski definition) is 0. The van der Waals surface area contributed by atoms with Gasteiger partial charge in [-0.3, -0.25) is 0 Å². The first-order chi connectivity index (χ1) is 10.3. The molecule has 0 unspecified atom stereocenters. The van der Waals surface area contributed by atoms with Gasteiger partial charge in [-0.05, 0) is 42.0 Å². The van der Waals surface area contributed by atoms with E-state index in [4.69, 9.17) is 9.47 Å². The molecule has 2 bridgehead atoms. The summed E-state index contributed by atoms with van der Waals surface area (Å²) in [6.07, 6.45) is 5.15. The van der Waals surface area contributed by atoms with Gasteiger partial charge in [0.1, 0.15) is 12.2 Å². The molecule has 0 saturated carbocycles. The molecule has 0 spiro atoms. The van der Waals surface area contributed by atoms with Crippen LogP contribution in [0, 0.1) is 11.8 Å². The van der Waals surface area contributed by atoms with Gasteiger partial charge in [0.05, 0.1) is 0 Å². The zero-order chi connectivity index (χ0) is 14.6. The van der Waals surface area contributed by atoms with Gasteiger partial charge in [0.25, 0.3) is 0 Å². The van der Waals surface area contributed by atoms with Crippen LogP contribution >= 0.6 is 0 Å². The topological polar surface area (TPSA) is 18.5 Å². The maximum atomic E-state index is 5.94. The molecule has 1 aromatic carbocycles. The van der Waals surface area contributed by atoms with Crippen molar-refractivity contribution >= 4 is 0 Å². The lowest BCUT2D eigenvalue weighted by molar-refractivity contribution is 0.0764. The summed E-state index contributed by atoms with van der Waals surface area (Å²) in [5.74, 6) is 1.07. The highest BCUT2D eigenvalue weighted by Gasteiger charge is 2.45. The molecule has 4 aliphatic rings. The summed E-state index contributed by atoms with van der Waals surface area (Å²) >= 11 is 0. The van der Waals surface area contributed by atoms with Crippen LogP contribution in [0.5, 0.6) is 0 Å². The summed E-state index contributed by atoms with van der Waals surface area (Å²) in [6, 6.07) is 8.59. The fraction of sp³-hybridized carbons (Fsp3) is 0.474. The SMILES string of the molecule is CO[C@@H]1C2=C([C@H]3CC[C@H]2C=C3C)[C@H](OC)c2ccccc21. The molecule has 0 radical (unpaired) electrons. The standard InChI is InChI=1S/C19H22O2/c1-11-10-12-8-9-13(11)17-16(12)18(20-2)14-6-4-5-7-15(14)19(17)21-3/h4-7,10,12-13,18-19H,8-9H2,1-3H3/t12-,13-,18-,19+/m0/s1. The predicted molar refractivity (Wildman–Crippen MR) is 82.9 cm³/mol. The molecule has 0 heterocycles. The van der Waals surface area contributed by atoms with Gasteiger partial charge in [0.15, 0.2) is 0 Å². The van der Waals surface area contributed by atoms with E-state index in [1.54, 1.807) is 0 Å². The van der Waals surface area contributed by atoms with Crippen LogP contribution in [0.15, 0.2) is 47.1 Å². The second-order valence-electron chi connectivity index (χ2n) is 6.42. The van der Waals surface area contributed by atoms with Crippen LogP contribution < -0.4 is 0 Å². The molecule has 0 saturated heterocycles. The average Bonchev–Trinajstić information content (AvgIpc) is 2.52. The lowest BCUT2D eigenvalue weighted by Crippen LogP contribution is -2.35. The van der Waals surface area contributed by atoms with E-state index >= 15 is 0 Å². The zero-order valence-electron chi connectivity index (χ0n) is 12.9. The van der Waals surface area contributed by atoms with E-state index in [0.29, 0.717) is 11.8 Å². The largest absolute Gasteiger partial charge is 0.372 e. The van der Waals surface area contributed by atoms with Crippen molar-refractivity contribution < 1.29 is 9.47 Å². The number of rotatable bonds is 2. The summed E-state index contributed by atoms with van der Waals surface area (Å²) in [5, 5.41) is 0. The van der Waals surface area contributed by atoms with Gasteiger partial charge in [0, 0.05) is 26.1 Å². The van der Waals surface area contributed by atoms with Crippen LogP contribution in [0.2, 0.25) is 0 Å². The van der Waals surface area contributed by atoms with Crippen LogP contribution in [0.1, 0.15) is 43.1 Å². The van der Waals surface area contributed by atoms with Gasteiger partial charge in [0.2, 0.25) is 0 Å². The molecule has 21 heavy (non-hydrogen) atoms. The van der Waals surface area contributed by atoms with Crippen molar-refractivity contribution in [3.8, 4) is 0 Å². The molecule has 1 aromatic rings. The maximum absolute atomic E-state index is 5.94. The molecular weight excluding hydrogens is 260 g/mol. The summed E-state index contributed by atoms with van der Waals surface area (Å²) in [5.41, 5.74) is 7.04. The smallest absolute Gasteiger partial charge is 0.105 e. The fourth-order valence-corrected chi connectivity index (χ4v) is 4.66. The van der Waals surface area contributed by atoms with Gasteiger partial charge in [-0.25, -0.2) is 0 Å². The van der Waals surface area contributed by atoms with E-state index in [1.165, 1.54) is 40.7 Å². The van der Waals surface area contributed by atoms with Crippen molar-refractivity contribution in [2.75, 3.05) is 14.2 Å². The highest BCUT2D eigenvalue weighted by Crippen LogP contribution is 2.57. The Morgan fingerprint density at radius 2 is 1.52 bits per heavy atom. The summed E-state index contributed by atoms with van der Waals surface area (Å²) in [7, 11) is 3.67. The molecular formula is C19H22O2. The molecule has 0 aromatic heterocycles. The van der Waals surface area contributed by atoms with E-state index in [9.17, 15) is 0 Å². The van der Waals surface area contributed by atoms with Crippen molar-refractivity contribution in [1.29, 1.82) is 0 Å². The van der Waals surface area contributed by atoms with Crippen LogP contribution in [-0.2, 0) is 9.47 Å². The monoisotopic (exact) mass is 282 g/mol. The van der Waals surface area contributed by atoms with E-state index in [2.05, 4.69) is 37.3 Å². The summed E-state index contributed by atoms with van der Waals surface area (Å²) < 4.78 is 11.9. The normalized spacial score (nSPS) is 33.6. The van der Waals surface area contributed by atoms with Gasteiger partial charge in [-0.1, -0.05) is 35.9 Å². The molecule has 0 aliphatic heterocycles. The Kier molecular flexibility index (Phi) is 3.05. The van der Waals surface area contributed by atoms with Crippen molar-refractivity contribution in [3.63, 3.8) is 0 Å². The zero-order valence-corrected chi connectivity index (χ0v) is 12.9. The molecule has 2 heteroatoms. The molecule has 0 amide bonds. The van der Waals surface area contributed by atoms with Crippen LogP contribution in [0.4, 0.5) is 0 Å². The predicted octanol–water partition coefficient (Wildman–Crippen LogP) is 4.36. The number of hydrogen-bond acceptors (Lipinski definition) is 2. The Morgan fingerprint density at radius 1 is 0.905 bits per heavy atom. The molecule has 4 aliphatic carbocycles. The fourth-order valence-electron chi connectivity index (χ4n) is 4.66. The minimum atomic E-state index is 0.0963. The first-order valence-electron chi connectivity index (χ1n) is 7.82. The number of methoxy groups -OCH3 is 2. The molecule has 4 atom stereocenters. The van der Waals surface area contributed by atoms with Gasteiger partial charge < -0.3 is 9.47 Å². The minimum Gasteiger partial charge on any atom is -0.372 e. The molecule has 2 nitrogen and oxygen atoms in total. The highest BCUT2D eigenvalue weighted by atomic mass is 16.5. The second kappa shape index (κ2) is 4.82. The van der Waals surface area contributed by atoms with Crippen LogP contribution in [0.25, 0.3) is 0 Å². The van der Waals surface area contributed by atoms with Crippen molar-refractivity contribution in [2.45, 2.75) is 32.0 Å². The van der Waals surface area contributed by atoms with E-state index in [-0.39, 0.29) is 12.2 Å². The summed E-state index contributed by atoms with van der Waals surface area (Å²) in [4.78, 5) is 0. The van der Waals surface area contributed by atoms with Crippen LogP contribution in [0.3, 0.4) is 0 Å². The Morgan fingerprint density at radius 3 is 2.10 bits per heavy atom. The lowest BCUT2D eigenvalue weighted by Gasteiger charge is -2.47. The number of fused-ring (bicyclic) bond motifs is 2. The molecule has 0 N–H and O–H groups in total. The number of allylic oxidation sites excluding steroid dienone is 2. The maximum Gasteiger partial charge on any atom is 0.105 e. The quantitative estimate of drug-likeness (QED) is 0.750. The number of ether oxygens (including phenoxy) is 2.